The lowest BCUT2D eigenvalue weighted by Gasteiger charge is -2.17. The number of amides is 1. The van der Waals surface area contributed by atoms with Crippen molar-refractivity contribution < 1.29 is 27.5 Å². The maximum Gasteiger partial charge on any atom is 0.418 e. The molecule has 1 heterocycles. The standard InChI is InChI=1S/C16H14F3N3O4/c1-8-7-12(23)13(15(25)26-9(2)14(20)24)21-22(8)11-6-4-3-5-10(11)16(17,18)19/h3-7,9H,1-2H3,(H2,20,24)/t9-/m0/s1. The first-order valence-electron chi connectivity index (χ1n) is 7.30. The van der Waals surface area contributed by atoms with Crippen molar-refractivity contribution in [1.29, 1.82) is 0 Å². The predicted octanol–water partition coefficient (Wildman–Crippen LogP) is 1.59. The fraction of sp³-hybridized carbons (Fsp3) is 0.250. The number of benzene rings is 1. The van der Waals surface area contributed by atoms with Crippen molar-refractivity contribution in [3.05, 3.63) is 57.5 Å². The number of esters is 1. The molecule has 0 aliphatic rings. The number of hydrogen-bond donors (Lipinski definition) is 1. The number of alkyl halides is 3. The number of ether oxygens (including phenoxy) is 1. The van der Waals surface area contributed by atoms with Crippen LogP contribution in [0, 0.1) is 6.92 Å². The van der Waals surface area contributed by atoms with Gasteiger partial charge < -0.3 is 10.5 Å². The number of carbonyl (C=O) groups excluding carboxylic acids is 2. The second kappa shape index (κ2) is 6.98. The van der Waals surface area contributed by atoms with Crippen molar-refractivity contribution in [2.75, 3.05) is 0 Å². The van der Waals surface area contributed by atoms with Gasteiger partial charge in [-0.15, -0.1) is 0 Å². The van der Waals surface area contributed by atoms with E-state index in [1.807, 2.05) is 0 Å². The molecule has 7 nitrogen and oxygen atoms in total. The quantitative estimate of drug-likeness (QED) is 0.824. The average molecular weight is 369 g/mol. The number of halogens is 3. The highest BCUT2D eigenvalue weighted by Crippen LogP contribution is 2.33. The largest absolute Gasteiger partial charge is 0.448 e. The Morgan fingerprint density at radius 1 is 1.27 bits per heavy atom. The topological polar surface area (TPSA) is 104 Å². The van der Waals surface area contributed by atoms with Gasteiger partial charge in [0.05, 0.1) is 11.3 Å². The first-order chi connectivity index (χ1) is 12.0. The van der Waals surface area contributed by atoms with Crippen LogP contribution in [-0.4, -0.2) is 27.8 Å². The molecule has 0 bridgehead atoms. The number of carbonyl (C=O) groups is 2. The zero-order valence-electron chi connectivity index (χ0n) is 13.7. The zero-order chi connectivity index (χ0) is 19.6. The molecule has 0 saturated heterocycles. The van der Waals surface area contributed by atoms with Gasteiger partial charge in [0, 0.05) is 11.8 Å². The number of aromatic nitrogens is 2. The van der Waals surface area contributed by atoms with E-state index in [-0.39, 0.29) is 11.4 Å². The molecule has 1 atom stereocenters. The van der Waals surface area contributed by atoms with Crippen molar-refractivity contribution in [2.45, 2.75) is 26.1 Å². The first-order valence-corrected chi connectivity index (χ1v) is 7.30. The lowest BCUT2D eigenvalue weighted by Crippen LogP contribution is -2.33. The van der Waals surface area contributed by atoms with Gasteiger partial charge in [-0.3, -0.25) is 9.59 Å². The van der Waals surface area contributed by atoms with Crippen LogP contribution in [0.5, 0.6) is 0 Å². The highest BCUT2D eigenvalue weighted by molar-refractivity contribution is 5.90. The number of rotatable bonds is 4. The minimum Gasteiger partial charge on any atom is -0.448 e. The Morgan fingerprint density at radius 2 is 1.88 bits per heavy atom. The number of aryl methyl sites for hydroxylation is 1. The van der Waals surface area contributed by atoms with Gasteiger partial charge >= 0.3 is 12.1 Å². The van der Waals surface area contributed by atoms with Crippen LogP contribution in [0.25, 0.3) is 5.69 Å². The summed E-state index contributed by atoms with van der Waals surface area (Å²) in [5, 5.41) is 3.71. The summed E-state index contributed by atoms with van der Waals surface area (Å²) in [4.78, 5) is 35.0. The van der Waals surface area contributed by atoms with Gasteiger partial charge in [0.1, 0.15) is 0 Å². The van der Waals surface area contributed by atoms with E-state index in [0.29, 0.717) is 0 Å². The first kappa shape index (κ1) is 19.2. The van der Waals surface area contributed by atoms with Gasteiger partial charge in [-0.2, -0.15) is 18.3 Å². The number of nitrogens with two attached hydrogens (primary N) is 1. The molecule has 2 rings (SSSR count). The van der Waals surface area contributed by atoms with Crippen LogP contribution >= 0.6 is 0 Å². The summed E-state index contributed by atoms with van der Waals surface area (Å²) in [5.74, 6) is -2.22. The lowest BCUT2D eigenvalue weighted by atomic mass is 10.1. The summed E-state index contributed by atoms with van der Waals surface area (Å²) in [6.07, 6.45) is -6.00. The second-order valence-electron chi connectivity index (χ2n) is 5.38. The monoisotopic (exact) mass is 369 g/mol. The van der Waals surface area contributed by atoms with Crippen LogP contribution in [-0.2, 0) is 15.7 Å². The molecule has 0 fully saturated rings. The predicted molar refractivity (Wildman–Crippen MR) is 83.6 cm³/mol. The summed E-state index contributed by atoms with van der Waals surface area (Å²) < 4.78 is 45.2. The Balaban J connectivity index is 2.59. The summed E-state index contributed by atoms with van der Waals surface area (Å²) in [6, 6.07) is 5.51. The van der Waals surface area contributed by atoms with E-state index < -0.39 is 40.8 Å². The Morgan fingerprint density at radius 3 is 2.46 bits per heavy atom. The molecule has 0 spiro atoms. The van der Waals surface area contributed by atoms with Crippen LogP contribution < -0.4 is 11.2 Å². The van der Waals surface area contributed by atoms with Crippen LogP contribution in [0.15, 0.2) is 35.1 Å². The number of hydrogen-bond acceptors (Lipinski definition) is 5. The highest BCUT2D eigenvalue weighted by atomic mass is 19.4. The van der Waals surface area contributed by atoms with E-state index in [1.54, 1.807) is 0 Å². The Hall–Kier alpha value is -3.17. The molecule has 0 saturated carbocycles. The van der Waals surface area contributed by atoms with E-state index in [9.17, 15) is 27.6 Å². The maximum absolute atomic E-state index is 13.2. The van der Waals surface area contributed by atoms with Crippen LogP contribution in [0.3, 0.4) is 0 Å². The molecule has 2 N–H and O–H groups in total. The molecule has 10 heteroatoms. The number of para-hydroxylation sites is 1. The lowest BCUT2D eigenvalue weighted by molar-refractivity contribution is -0.137. The molecular formula is C16H14F3N3O4. The summed E-state index contributed by atoms with van der Waals surface area (Å²) in [6.45, 7) is 2.55. The molecule has 0 aliphatic heterocycles. The maximum atomic E-state index is 13.2. The molecule has 1 aromatic heterocycles. The van der Waals surface area contributed by atoms with Gasteiger partial charge in [0.25, 0.3) is 5.91 Å². The Labute approximate surface area is 145 Å². The molecule has 0 aliphatic carbocycles. The third-order valence-corrected chi connectivity index (χ3v) is 3.42. The van der Waals surface area contributed by atoms with Gasteiger partial charge in [-0.05, 0) is 26.0 Å². The molecule has 2 aromatic rings. The third-order valence-electron chi connectivity index (χ3n) is 3.42. The SMILES string of the molecule is Cc1cc(=O)c(C(=O)O[C@@H](C)C(N)=O)nn1-c1ccccc1C(F)(F)F. The molecule has 1 amide bonds. The van der Waals surface area contributed by atoms with E-state index in [2.05, 4.69) is 5.10 Å². The minimum absolute atomic E-state index is 0.0752. The highest BCUT2D eigenvalue weighted by Gasteiger charge is 2.34. The summed E-state index contributed by atoms with van der Waals surface area (Å²) >= 11 is 0. The van der Waals surface area contributed by atoms with Crippen molar-refractivity contribution in [3.63, 3.8) is 0 Å². The van der Waals surface area contributed by atoms with E-state index in [1.165, 1.54) is 26.0 Å². The van der Waals surface area contributed by atoms with Gasteiger partial charge in [0.2, 0.25) is 11.1 Å². The van der Waals surface area contributed by atoms with E-state index >= 15 is 0 Å². The van der Waals surface area contributed by atoms with E-state index in [4.69, 9.17) is 10.5 Å². The van der Waals surface area contributed by atoms with Gasteiger partial charge in [0.15, 0.2) is 6.10 Å². The number of nitrogens with zero attached hydrogens (tertiary/aromatic N) is 2. The van der Waals surface area contributed by atoms with E-state index in [0.717, 1.165) is 22.9 Å². The fourth-order valence-electron chi connectivity index (χ4n) is 2.11. The Bertz CT molecular complexity index is 922. The molecule has 0 radical (unpaired) electrons. The van der Waals surface area contributed by atoms with Crippen molar-refractivity contribution in [3.8, 4) is 5.69 Å². The summed E-state index contributed by atoms with van der Waals surface area (Å²) in [7, 11) is 0. The van der Waals surface area contributed by atoms with Crippen LogP contribution in [0.4, 0.5) is 13.2 Å². The molecular weight excluding hydrogens is 355 g/mol. The van der Waals surface area contributed by atoms with Crippen LogP contribution in [0.1, 0.15) is 28.7 Å². The molecule has 138 valence electrons. The Kier molecular flexibility index (Phi) is 5.15. The minimum atomic E-state index is -4.67. The smallest absolute Gasteiger partial charge is 0.418 e. The van der Waals surface area contributed by atoms with Crippen LogP contribution in [0.2, 0.25) is 0 Å². The van der Waals surface area contributed by atoms with Gasteiger partial charge in [-0.25, -0.2) is 9.48 Å². The van der Waals surface area contributed by atoms with Crippen molar-refractivity contribution in [2.24, 2.45) is 5.73 Å². The molecule has 1 aromatic carbocycles. The normalized spacial score (nSPS) is 12.5. The second-order valence-corrected chi connectivity index (χ2v) is 5.38. The average Bonchev–Trinajstić information content (AvgIpc) is 2.53. The number of primary amides is 1. The van der Waals surface area contributed by atoms with Crippen molar-refractivity contribution >= 4 is 11.9 Å². The third kappa shape index (κ3) is 3.90. The van der Waals surface area contributed by atoms with Gasteiger partial charge in [-0.1, -0.05) is 12.1 Å². The molecule has 0 unspecified atom stereocenters. The molecule has 26 heavy (non-hydrogen) atoms. The summed E-state index contributed by atoms with van der Waals surface area (Å²) in [5.41, 5.74) is 2.06. The zero-order valence-corrected chi connectivity index (χ0v) is 13.7. The fourth-order valence-corrected chi connectivity index (χ4v) is 2.11. The van der Waals surface area contributed by atoms with Crippen molar-refractivity contribution in [1.82, 2.24) is 9.78 Å².